The van der Waals surface area contributed by atoms with Crippen molar-refractivity contribution >= 4 is 12.0 Å². The van der Waals surface area contributed by atoms with Gasteiger partial charge < -0.3 is 25.2 Å². The highest BCUT2D eigenvalue weighted by Gasteiger charge is 2.16. The molecule has 172 valence electrons. The summed E-state index contributed by atoms with van der Waals surface area (Å²) in [4.78, 5) is 28.3. The van der Waals surface area contributed by atoms with Gasteiger partial charge in [0.2, 0.25) is 0 Å². The molecule has 8 heteroatoms. The fourth-order valence-electron chi connectivity index (χ4n) is 3.47. The minimum atomic E-state index is -1.13. The number of amides is 2. The molecular formula is C25H27N3O5. The second-order valence-corrected chi connectivity index (χ2v) is 7.61. The number of ether oxygens (including phenoxy) is 2. The Labute approximate surface area is 192 Å². The lowest BCUT2D eigenvalue weighted by Crippen LogP contribution is -2.27. The zero-order valence-corrected chi connectivity index (χ0v) is 19.0. The minimum Gasteiger partial charge on any atom is -0.497 e. The van der Waals surface area contributed by atoms with Crippen molar-refractivity contribution in [1.82, 2.24) is 15.6 Å². The quantitative estimate of drug-likeness (QED) is 0.472. The molecule has 0 aliphatic carbocycles. The van der Waals surface area contributed by atoms with Gasteiger partial charge >= 0.3 is 6.09 Å². The van der Waals surface area contributed by atoms with Crippen LogP contribution >= 0.6 is 0 Å². The van der Waals surface area contributed by atoms with Crippen LogP contribution in [0, 0.1) is 6.92 Å². The number of aryl methyl sites for hydroxylation is 1. The second-order valence-electron chi connectivity index (χ2n) is 7.61. The molecule has 0 spiro atoms. The van der Waals surface area contributed by atoms with Crippen molar-refractivity contribution in [3.05, 3.63) is 77.1 Å². The molecule has 8 nitrogen and oxygen atoms in total. The largest absolute Gasteiger partial charge is 0.497 e. The first kappa shape index (κ1) is 23.6. The Morgan fingerprint density at radius 2 is 1.76 bits per heavy atom. The third-order valence-corrected chi connectivity index (χ3v) is 5.27. The Balaban J connectivity index is 1.93. The number of carboxylic acid groups (broad SMARTS) is 1. The number of carbonyl (C=O) groups is 2. The maximum absolute atomic E-state index is 13.2. The van der Waals surface area contributed by atoms with Crippen molar-refractivity contribution in [2.75, 3.05) is 14.2 Å². The standard InChI is InChI=1S/C25H27N3O5/c1-15-5-6-26-14-23(15)19-7-17(13-27-25(30)31)8-20(9-19)24(29)28-16(2)18-10-21(32-3)12-22(11-18)33-4/h5-12,14,16,27H,13H2,1-4H3,(H,28,29)(H,30,31). The first-order valence-corrected chi connectivity index (χ1v) is 10.4. The van der Waals surface area contributed by atoms with E-state index in [1.807, 2.05) is 38.1 Å². The Kier molecular flexibility index (Phi) is 7.50. The van der Waals surface area contributed by atoms with Crippen LogP contribution in [0.25, 0.3) is 11.1 Å². The predicted molar refractivity (Wildman–Crippen MR) is 125 cm³/mol. The van der Waals surface area contributed by atoms with Gasteiger partial charge in [0.15, 0.2) is 0 Å². The summed E-state index contributed by atoms with van der Waals surface area (Å²) in [6.07, 6.45) is 2.29. The van der Waals surface area contributed by atoms with Crippen LogP contribution < -0.4 is 20.1 Å². The summed E-state index contributed by atoms with van der Waals surface area (Å²) in [7, 11) is 3.14. The summed E-state index contributed by atoms with van der Waals surface area (Å²) in [6, 6.07) is 12.3. The van der Waals surface area contributed by atoms with E-state index in [0.29, 0.717) is 22.6 Å². The van der Waals surface area contributed by atoms with Gasteiger partial charge in [-0.05, 0) is 72.5 Å². The van der Waals surface area contributed by atoms with Gasteiger partial charge in [0, 0.05) is 36.1 Å². The molecule has 3 rings (SSSR count). The van der Waals surface area contributed by atoms with Gasteiger partial charge in [0.1, 0.15) is 11.5 Å². The van der Waals surface area contributed by atoms with Crippen LogP contribution in [-0.2, 0) is 6.54 Å². The zero-order chi connectivity index (χ0) is 24.0. The van der Waals surface area contributed by atoms with E-state index >= 15 is 0 Å². The monoisotopic (exact) mass is 449 g/mol. The Bertz CT molecular complexity index is 1140. The van der Waals surface area contributed by atoms with E-state index in [0.717, 1.165) is 22.3 Å². The highest BCUT2D eigenvalue weighted by atomic mass is 16.5. The highest BCUT2D eigenvalue weighted by Crippen LogP contribution is 2.28. The lowest BCUT2D eigenvalue weighted by molar-refractivity contribution is 0.0939. The number of benzene rings is 2. The van der Waals surface area contributed by atoms with Crippen LogP contribution in [0.15, 0.2) is 54.9 Å². The molecule has 2 aromatic carbocycles. The van der Waals surface area contributed by atoms with Crippen molar-refractivity contribution in [3.8, 4) is 22.6 Å². The van der Waals surface area contributed by atoms with Gasteiger partial charge in [0.25, 0.3) is 5.91 Å². The van der Waals surface area contributed by atoms with E-state index in [1.54, 1.807) is 44.8 Å². The van der Waals surface area contributed by atoms with E-state index in [9.17, 15) is 9.59 Å². The number of carbonyl (C=O) groups excluding carboxylic acids is 1. The number of aromatic nitrogens is 1. The normalized spacial score (nSPS) is 11.4. The molecule has 33 heavy (non-hydrogen) atoms. The first-order chi connectivity index (χ1) is 15.8. The van der Waals surface area contributed by atoms with Crippen molar-refractivity contribution in [3.63, 3.8) is 0 Å². The van der Waals surface area contributed by atoms with E-state index in [-0.39, 0.29) is 18.5 Å². The molecule has 0 saturated heterocycles. The summed E-state index contributed by atoms with van der Waals surface area (Å²) < 4.78 is 10.6. The third-order valence-electron chi connectivity index (χ3n) is 5.27. The van der Waals surface area contributed by atoms with Gasteiger partial charge in [-0.2, -0.15) is 0 Å². The van der Waals surface area contributed by atoms with Crippen molar-refractivity contribution in [2.45, 2.75) is 26.4 Å². The average molecular weight is 450 g/mol. The Morgan fingerprint density at radius 1 is 1.06 bits per heavy atom. The number of nitrogens with one attached hydrogen (secondary N) is 2. The summed E-state index contributed by atoms with van der Waals surface area (Å²) in [5, 5.41) is 14.3. The molecule has 1 heterocycles. The molecule has 3 aromatic rings. The second kappa shape index (κ2) is 10.5. The van der Waals surface area contributed by atoms with E-state index in [2.05, 4.69) is 15.6 Å². The lowest BCUT2D eigenvalue weighted by atomic mass is 9.97. The van der Waals surface area contributed by atoms with Crippen molar-refractivity contribution in [1.29, 1.82) is 0 Å². The molecule has 3 N–H and O–H groups in total. The fraction of sp³-hybridized carbons (Fsp3) is 0.240. The number of hydrogen-bond donors (Lipinski definition) is 3. The molecule has 0 bridgehead atoms. The van der Waals surface area contributed by atoms with Crippen LogP contribution in [-0.4, -0.2) is 36.3 Å². The van der Waals surface area contributed by atoms with Crippen LogP contribution in [0.3, 0.4) is 0 Å². The van der Waals surface area contributed by atoms with E-state index in [4.69, 9.17) is 14.6 Å². The SMILES string of the molecule is COc1cc(OC)cc(C(C)NC(=O)c2cc(CNC(=O)O)cc(-c3cnccc3C)c2)c1. The molecule has 0 saturated carbocycles. The van der Waals surface area contributed by atoms with Crippen LogP contribution in [0.1, 0.15) is 40.0 Å². The molecule has 2 amide bonds. The van der Waals surface area contributed by atoms with Crippen LogP contribution in [0.4, 0.5) is 4.79 Å². The van der Waals surface area contributed by atoms with Gasteiger partial charge in [-0.3, -0.25) is 9.78 Å². The zero-order valence-electron chi connectivity index (χ0n) is 19.0. The molecule has 0 aliphatic rings. The summed E-state index contributed by atoms with van der Waals surface area (Å²) in [5.74, 6) is 0.965. The van der Waals surface area contributed by atoms with Crippen LogP contribution in [0.2, 0.25) is 0 Å². The third kappa shape index (κ3) is 6.00. The molecule has 0 fully saturated rings. The number of hydrogen-bond acceptors (Lipinski definition) is 5. The average Bonchev–Trinajstić information content (AvgIpc) is 2.82. The van der Waals surface area contributed by atoms with Crippen molar-refractivity contribution < 1.29 is 24.2 Å². The number of nitrogens with zero attached hydrogens (tertiary/aromatic N) is 1. The fourth-order valence-corrected chi connectivity index (χ4v) is 3.47. The van der Waals surface area contributed by atoms with Crippen LogP contribution in [0.5, 0.6) is 11.5 Å². The number of rotatable bonds is 8. The van der Waals surface area contributed by atoms with Gasteiger partial charge in [0.05, 0.1) is 20.3 Å². The van der Waals surface area contributed by atoms with E-state index in [1.165, 1.54) is 0 Å². The lowest BCUT2D eigenvalue weighted by Gasteiger charge is -2.18. The smallest absolute Gasteiger partial charge is 0.404 e. The van der Waals surface area contributed by atoms with Gasteiger partial charge in [-0.25, -0.2) is 4.79 Å². The summed E-state index contributed by atoms with van der Waals surface area (Å²) >= 11 is 0. The maximum atomic E-state index is 13.2. The number of pyridine rings is 1. The molecule has 1 atom stereocenters. The number of methoxy groups -OCH3 is 2. The molecule has 0 aliphatic heterocycles. The molecule has 1 aromatic heterocycles. The molecule has 1 unspecified atom stereocenters. The maximum Gasteiger partial charge on any atom is 0.404 e. The van der Waals surface area contributed by atoms with Gasteiger partial charge in [-0.15, -0.1) is 0 Å². The highest BCUT2D eigenvalue weighted by molar-refractivity contribution is 5.96. The summed E-state index contributed by atoms with van der Waals surface area (Å²) in [6.45, 7) is 3.90. The Hall–Kier alpha value is -4.07. The Morgan fingerprint density at radius 3 is 2.36 bits per heavy atom. The molecule has 0 radical (unpaired) electrons. The first-order valence-electron chi connectivity index (χ1n) is 10.4. The topological polar surface area (TPSA) is 110 Å². The summed E-state index contributed by atoms with van der Waals surface area (Å²) in [5.41, 5.74) is 4.56. The van der Waals surface area contributed by atoms with Gasteiger partial charge in [-0.1, -0.05) is 0 Å². The predicted octanol–water partition coefficient (Wildman–Crippen LogP) is 4.33. The van der Waals surface area contributed by atoms with Crippen molar-refractivity contribution in [2.24, 2.45) is 0 Å². The molecular weight excluding hydrogens is 422 g/mol. The minimum absolute atomic E-state index is 0.0748. The van der Waals surface area contributed by atoms with E-state index < -0.39 is 6.09 Å².